The lowest BCUT2D eigenvalue weighted by Gasteiger charge is -2.31. The van der Waals surface area contributed by atoms with Gasteiger partial charge in [0.1, 0.15) is 13.2 Å². The second kappa shape index (κ2) is 8.32. The summed E-state index contributed by atoms with van der Waals surface area (Å²) in [7, 11) is -1.69. The zero-order valence-corrected chi connectivity index (χ0v) is 19.0. The van der Waals surface area contributed by atoms with E-state index in [9.17, 15) is 13.2 Å². The molecule has 0 unspecified atom stereocenters. The highest BCUT2D eigenvalue weighted by molar-refractivity contribution is 7.89. The van der Waals surface area contributed by atoms with Crippen LogP contribution in [0.2, 0.25) is 0 Å². The first-order chi connectivity index (χ1) is 15.4. The van der Waals surface area contributed by atoms with Gasteiger partial charge in [-0.1, -0.05) is 17.4 Å². The van der Waals surface area contributed by atoms with Gasteiger partial charge in [0.2, 0.25) is 10.0 Å². The Bertz CT molecular complexity index is 1240. The molecule has 3 aromatic rings. The van der Waals surface area contributed by atoms with E-state index < -0.39 is 15.9 Å². The number of likely N-dealkylation sites (N-methyl/N-ethyl adjacent to an activating group) is 1. The summed E-state index contributed by atoms with van der Waals surface area (Å²) in [6.07, 6.45) is 0. The Hall–Kier alpha value is -2.73. The highest BCUT2D eigenvalue weighted by Gasteiger charge is 2.28. The Kier molecular flexibility index (Phi) is 5.49. The Morgan fingerprint density at radius 1 is 1.06 bits per heavy atom. The van der Waals surface area contributed by atoms with Crippen LogP contribution < -0.4 is 14.8 Å². The van der Waals surface area contributed by atoms with E-state index in [-0.39, 0.29) is 10.5 Å². The third-order valence-electron chi connectivity index (χ3n) is 5.47. The molecule has 2 aliphatic rings. The number of carbonyl (C=O) groups excluding carboxylic acids is 1. The van der Waals surface area contributed by atoms with Gasteiger partial charge >= 0.3 is 0 Å². The van der Waals surface area contributed by atoms with Crippen LogP contribution in [0.15, 0.2) is 41.3 Å². The number of amides is 1. The van der Waals surface area contributed by atoms with Crippen molar-refractivity contribution in [2.75, 3.05) is 51.8 Å². The molecule has 5 rings (SSSR count). The van der Waals surface area contributed by atoms with Gasteiger partial charge in [0.25, 0.3) is 5.91 Å². The number of hydrogen-bond donors (Lipinski definition) is 1. The lowest BCUT2D eigenvalue weighted by atomic mass is 10.2. The van der Waals surface area contributed by atoms with E-state index in [1.54, 1.807) is 18.2 Å². The average Bonchev–Trinajstić information content (AvgIpc) is 3.18. The largest absolute Gasteiger partial charge is 0.486 e. The number of nitrogens with zero attached hydrogens (tertiary/aromatic N) is 3. The molecule has 0 radical (unpaired) electrons. The van der Waals surface area contributed by atoms with Crippen LogP contribution >= 0.6 is 11.3 Å². The van der Waals surface area contributed by atoms with Crippen molar-refractivity contribution in [1.82, 2.24) is 14.2 Å². The maximum absolute atomic E-state index is 13.0. The molecule has 3 heterocycles. The number of thiazole rings is 1. The molecule has 2 aromatic carbocycles. The first-order valence-electron chi connectivity index (χ1n) is 10.2. The molecule has 1 aromatic heterocycles. The molecule has 1 fully saturated rings. The number of rotatable bonds is 4. The van der Waals surface area contributed by atoms with Crippen molar-refractivity contribution in [2.24, 2.45) is 0 Å². The van der Waals surface area contributed by atoms with Crippen LogP contribution in [0.4, 0.5) is 5.13 Å². The van der Waals surface area contributed by atoms with Crippen LogP contribution in [-0.4, -0.2) is 75.0 Å². The first-order valence-corrected chi connectivity index (χ1v) is 12.5. The Morgan fingerprint density at radius 2 is 1.78 bits per heavy atom. The molecule has 32 heavy (non-hydrogen) atoms. The molecule has 0 spiro atoms. The minimum Gasteiger partial charge on any atom is -0.486 e. The molecule has 1 amide bonds. The van der Waals surface area contributed by atoms with Crippen molar-refractivity contribution in [3.8, 4) is 11.5 Å². The van der Waals surface area contributed by atoms with Gasteiger partial charge in [-0.05, 0) is 25.2 Å². The molecule has 2 aliphatic heterocycles. The summed E-state index contributed by atoms with van der Waals surface area (Å²) in [5.74, 6) is 0.873. The number of piperazine rings is 1. The van der Waals surface area contributed by atoms with E-state index in [1.165, 1.54) is 27.8 Å². The van der Waals surface area contributed by atoms with Gasteiger partial charge in [-0.3, -0.25) is 10.1 Å². The normalized spacial score (nSPS) is 17.4. The fourth-order valence-corrected chi connectivity index (χ4v) is 6.00. The summed E-state index contributed by atoms with van der Waals surface area (Å²) < 4.78 is 39.5. The maximum Gasteiger partial charge on any atom is 0.257 e. The molecule has 0 aliphatic carbocycles. The van der Waals surface area contributed by atoms with Crippen LogP contribution in [0.25, 0.3) is 10.2 Å². The average molecular weight is 475 g/mol. The van der Waals surface area contributed by atoms with E-state index >= 15 is 0 Å². The Labute approximate surface area is 189 Å². The van der Waals surface area contributed by atoms with Crippen LogP contribution in [0.5, 0.6) is 11.5 Å². The quantitative estimate of drug-likeness (QED) is 0.619. The lowest BCUT2D eigenvalue weighted by Crippen LogP contribution is -2.47. The van der Waals surface area contributed by atoms with Crippen LogP contribution in [0.3, 0.4) is 0 Å². The van der Waals surface area contributed by atoms with Gasteiger partial charge in [-0.2, -0.15) is 4.31 Å². The summed E-state index contributed by atoms with van der Waals surface area (Å²) in [5.41, 5.74) is 0.950. The third-order valence-corrected chi connectivity index (χ3v) is 8.30. The summed E-state index contributed by atoms with van der Waals surface area (Å²) in [6.45, 7) is 3.19. The molecule has 11 heteroatoms. The van der Waals surface area contributed by atoms with Crippen molar-refractivity contribution in [3.05, 3.63) is 42.0 Å². The van der Waals surface area contributed by atoms with E-state index in [2.05, 4.69) is 15.2 Å². The number of sulfonamides is 1. The van der Waals surface area contributed by atoms with Gasteiger partial charge in [-0.25, -0.2) is 13.4 Å². The number of fused-ring (bicyclic) bond motifs is 2. The molecule has 0 bridgehead atoms. The molecular formula is C21H22N4O5S2. The number of benzene rings is 2. The molecular weight excluding hydrogens is 452 g/mol. The molecule has 1 saturated heterocycles. The minimum absolute atomic E-state index is 0.112. The summed E-state index contributed by atoms with van der Waals surface area (Å²) in [4.78, 5) is 19.5. The zero-order valence-electron chi connectivity index (χ0n) is 17.4. The number of nitrogens with one attached hydrogen (secondary N) is 1. The number of hydrogen-bond acceptors (Lipinski definition) is 8. The summed E-state index contributed by atoms with van der Waals surface area (Å²) >= 11 is 1.32. The zero-order chi connectivity index (χ0) is 22.3. The van der Waals surface area contributed by atoms with Gasteiger partial charge < -0.3 is 14.4 Å². The first kappa shape index (κ1) is 21.1. The monoisotopic (exact) mass is 474 g/mol. The van der Waals surface area contributed by atoms with E-state index in [4.69, 9.17) is 9.47 Å². The lowest BCUT2D eigenvalue weighted by molar-refractivity contribution is 0.102. The van der Waals surface area contributed by atoms with Crippen molar-refractivity contribution in [2.45, 2.75) is 4.90 Å². The molecule has 9 nitrogen and oxygen atoms in total. The van der Waals surface area contributed by atoms with Crippen LogP contribution in [0.1, 0.15) is 10.4 Å². The number of carbonyl (C=O) groups is 1. The van der Waals surface area contributed by atoms with E-state index in [0.717, 1.165) is 4.70 Å². The van der Waals surface area contributed by atoms with Crippen LogP contribution in [-0.2, 0) is 10.0 Å². The Morgan fingerprint density at radius 3 is 2.53 bits per heavy atom. The number of ether oxygens (including phenoxy) is 2. The topological polar surface area (TPSA) is 101 Å². The minimum atomic E-state index is -3.66. The van der Waals surface area contributed by atoms with Crippen LogP contribution in [0, 0.1) is 0 Å². The second-order valence-corrected chi connectivity index (χ2v) is 10.6. The smallest absolute Gasteiger partial charge is 0.257 e. The van der Waals surface area contributed by atoms with E-state index in [0.29, 0.717) is 61.5 Å². The van der Waals surface area contributed by atoms with Gasteiger partial charge in [0, 0.05) is 43.9 Å². The molecule has 1 N–H and O–H groups in total. The van der Waals surface area contributed by atoms with Gasteiger partial charge in [0.15, 0.2) is 16.6 Å². The number of anilines is 1. The molecule has 0 atom stereocenters. The maximum atomic E-state index is 13.0. The van der Waals surface area contributed by atoms with Crippen molar-refractivity contribution >= 4 is 42.6 Å². The van der Waals surface area contributed by atoms with E-state index in [1.807, 2.05) is 13.1 Å². The Balaban J connectivity index is 1.36. The highest BCUT2D eigenvalue weighted by atomic mass is 32.2. The SMILES string of the molecule is CN1CCN(S(=O)(=O)c2cccc(C(=O)Nc3nc4cc5c(cc4s3)OCCO5)c2)CC1. The van der Waals surface area contributed by atoms with Gasteiger partial charge in [0.05, 0.1) is 15.1 Å². The number of aromatic nitrogens is 1. The van der Waals surface area contributed by atoms with Gasteiger partial charge in [-0.15, -0.1) is 0 Å². The summed E-state index contributed by atoms with van der Waals surface area (Å²) in [6, 6.07) is 9.74. The second-order valence-electron chi connectivity index (χ2n) is 7.67. The van der Waals surface area contributed by atoms with Crippen molar-refractivity contribution in [1.29, 1.82) is 0 Å². The fraction of sp³-hybridized carbons (Fsp3) is 0.333. The van der Waals surface area contributed by atoms with Crippen molar-refractivity contribution < 1.29 is 22.7 Å². The predicted octanol–water partition coefficient (Wildman–Crippen LogP) is 2.26. The predicted molar refractivity (Wildman–Crippen MR) is 121 cm³/mol. The fourth-order valence-electron chi connectivity index (χ4n) is 3.66. The molecule has 0 saturated carbocycles. The standard InChI is InChI=1S/C21H22N4O5S2/c1-24-5-7-25(8-6-24)32(27,28)15-4-2-3-14(11-15)20(26)23-21-22-16-12-17-18(13-19(16)31-21)30-10-9-29-17/h2-4,11-13H,5-10H2,1H3,(H,22,23,26). The summed E-state index contributed by atoms with van der Waals surface area (Å²) in [5, 5.41) is 3.19. The third kappa shape index (κ3) is 4.04. The highest BCUT2D eigenvalue weighted by Crippen LogP contribution is 2.38. The van der Waals surface area contributed by atoms with Crippen molar-refractivity contribution in [3.63, 3.8) is 0 Å². The molecule has 168 valence electrons.